The van der Waals surface area contributed by atoms with Gasteiger partial charge >= 0.3 is 0 Å². The standard InChI is InChI=1S/C13H21ClN2O3/c1-3-10-8-13(17,4-6-19-10)12-11(14)9-15-16(12)5-7-18-2/h9-10,17H,3-8H2,1-2H3. The van der Waals surface area contributed by atoms with Crippen molar-refractivity contribution in [1.82, 2.24) is 9.78 Å². The third kappa shape index (κ3) is 3.11. The molecule has 2 unspecified atom stereocenters. The molecule has 0 aromatic carbocycles. The summed E-state index contributed by atoms with van der Waals surface area (Å²) in [5.41, 5.74) is -0.270. The van der Waals surface area contributed by atoms with Gasteiger partial charge in [0.25, 0.3) is 0 Å². The van der Waals surface area contributed by atoms with Crippen LogP contribution in [0.3, 0.4) is 0 Å². The van der Waals surface area contributed by atoms with Crippen LogP contribution in [0.4, 0.5) is 0 Å². The van der Waals surface area contributed by atoms with Crippen molar-refractivity contribution in [2.24, 2.45) is 0 Å². The molecule has 0 spiro atoms. The SMILES string of the molecule is CCC1CC(O)(c2c(Cl)cnn2CCOC)CCO1. The Balaban J connectivity index is 2.25. The molecular formula is C13H21ClN2O3. The van der Waals surface area contributed by atoms with Crippen LogP contribution in [0, 0.1) is 0 Å². The number of hydrogen-bond acceptors (Lipinski definition) is 4. The smallest absolute Gasteiger partial charge is 0.112 e. The van der Waals surface area contributed by atoms with Crippen LogP contribution >= 0.6 is 11.6 Å². The highest BCUT2D eigenvalue weighted by atomic mass is 35.5. The van der Waals surface area contributed by atoms with Gasteiger partial charge in [0.05, 0.1) is 42.8 Å². The number of methoxy groups -OCH3 is 1. The van der Waals surface area contributed by atoms with E-state index in [0.29, 0.717) is 43.3 Å². The van der Waals surface area contributed by atoms with Gasteiger partial charge in [-0.05, 0) is 6.42 Å². The highest BCUT2D eigenvalue weighted by Crippen LogP contribution is 2.38. The van der Waals surface area contributed by atoms with Gasteiger partial charge in [0.15, 0.2) is 0 Å². The van der Waals surface area contributed by atoms with E-state index in [1.807, 2.05) is 0 Å². The molecule has 0 bridgehead atoms. The van der Waals surface area contributed by atoms with Crippen molar-refractivity contribution in [3.8, 4) is 0 Å². The lowest BCUT2D eigenvalue weighted by molar-refractivity contribution is -0.112. The molecule has 108 valence electrons. The van der Waals surface area contributed by atoms with E-state index in [4.69, 9.17) is 21.1 Å². The van der Waals surface area contributed by atoms with Crippen LogP contribution in [-0.4, -0.2) is 41.3 Å². The number of aliphatic hydroxyl groups is 1. The van der Waals surface area contributed by atoms with Crippen LogP contribution in [0.1, 0.15) is 31.9 Å². The lowest BCUT2D eigenvalue weighted by Gasteiger charge is -2.37. The molecule has 5 nitrogen and oxygen atoms in total. The zero-order valence-corrected chi connectivity index (χ0v) is 12.2. The van der Waals surface area contributed by atoms with Crippen LogP contribution in [-0.2, 0) is 21.6 Å². The summed E-state index contributed by atoms with van der Waals surface area (Å²) in [5, 5.41) is 15.7. The summed E-state index contributed by atoms with van der Waals surface area (Å²) in [4.78, 5) is 0. The molecule has 0 radical (unpaired) electrons. The van der Waals surface area contributed by atoms with Crippen molar-refractivity contribution in [1.29, 1.82) is 0 Å². The van der Waals surface area contributed by atoms with Gasteiger partial charge in [-0.2, -0.15) is 5.10 Å². The van der Waals surface area contributed by atoms with Crippen molar-refractivity contribution >= 4 is 11.6 Å². The molecule has 1 N–H and O–H groups in total. The third-order valence-corrected chi connectivity index (χ3v) is 3.91. The van der Waals surface area contributed by atoms with Crippen molar-refractivity contribution < 1.29 is 14.6 Å². The molecule has 0 aliphatic carbocycles. The van der Waals surface area contributed by atoms with Gasteiger partial charge in [0, 0.05) is 20.0 Å². The topological polar surface area (TPSA) is 56.5 Å². The molecule has 1 aliphatic rings. The van der Waals surface area contributed by atoms with E-state index in [1.165, 1.54) is 0 Å². The minimum Gasteiger partial charge on any atom is -0.383 e. The largest absolute Gasteiger partial charge is 0.383 e. The molecule has 2 heterocycles. The summed E-state index contributed by atoms with van der Waals surface area (Å²) >= 11 is 6.21. The van der Waals surface area contributed by atoms with E-state index >= 15 is 0 Å². The Hall–Kier alpha value is -0.620. The fraction of sp³-hybridized carbons (Fsp3) is 0.769. The van der Waals surface area contributed by atoms with Gasteiger partial charge in [-0.15, -0.1) is 0 Å². The fourth-order valence-corrected chi connectivity index (χ4v) is 2.90. The minimum absolute atomic E-state index is 0.0700. The molecule has 2 rings (SSSR count). The summed E-state index contributed by atoms with van der Waals surface area (Å²) in [6.45, 7) is 3.72. The quantitative estimate of drug-likeness (QED) is 0.900. The first-order valence-corrected chi connectivity index (χ1v) is 7.03. The maximum atomic E-state index is 10.9. The predicted octanol–water partition coefficient (Wildman–Crippen LogP) is 1.96. The molecule has 0 saturated carbocycles. The number of rotatable bonds is 5. The lowest BCUT2D eigenvalue weighted by atomic mass is 9.86. The summed E-state index contributed by atoms with van der Waals surface area (Å²) in [7, 11) is 1.64. The number of ether oxygens (including phenoxy) is 2. The maximum Gasteiger partial charge on any atom is 0.112 e. The number of nitrogens with zero attached hydrogens (tertiary/aromatic N) is 2. The molecule has 1 saturated heterocycles. The summed E-state index contributed by atoms with van der Waals surface area (Å²) in [6, 6.07) is 0. The van der Waals surface area contributed by atoms with Crippen LogP contribution in [0.15, 0.2) is 6.20 Å². The molecule has 1 aliphatic heterocycles. The van der Waals surface area contributed by atoms with E-state index in [-0.39, 0.29) is 6.10 Å². The van der Waals surface area contributed by atoms with Crippen LogP contribution < -0.4 is 0 Å². The van der Waals surface area contributed by atoms with Gasteiger partial charge in [-0.1, -0.05) is 18.5 Å². The fourth-order valence-electron chi connectivity index (χ4n) is 2.58. The van der Waals surface area contributed by atoms with E-state index < -0.39 is 5.60 Å². The number of halogens is 1. The van der Waals surface area contributed by atoms with Crippen molar-refractivity contribution in [2.45, 2.75) is 44.4 Å². The third-order valence-electron chi connectivity index (χ3n) is 3.63. The Morgan fingerprint density at radius 3 is 3.16 bits per heavy atom. The van der Waals surface area contributed by atoms with E-state index in [9.17, 15) is 5.11 Å². The van der Waals surface area contributed by atoms with E-state index in [1.54, 1.807) is 18.0 Å². The monoisotopic (exact) mass is 288 g/mol. The highest BCUT2D eigenvalue weighted by Gasteiger charge is 2.40. The molecule has 0 amide bonds. The molecule has 1 fully saturated rings. The van der Waals surface area contributed by atoms with Crippen LogP contribution in [0.5, 0.6) is 0 Å². The average Bonchev–Trinajstić information content (AvgIpc) is 2.78. The van der Waals surface area contributed by atoms with E-state index in [2.05, 4.69) is 12.0 Å². The first-order valence-electron chi connectivity index (χ1n) is 6.65. The number of hydrogen-bond donors (Lipinski definition) is 1. The summed E-state index contributed by atoms with van der Waals surface area (Å²) in [6.07, 6.45) is 3.64. The number of aromatic nitrogens is 2. The Bertz CT molecular complexity index is 424. The molecule has 2 atom stereocenters. The highest BCUT2D eigenvalue weighted by molar-refractivity contribution is 6.31. The van der Waals surface area contributed by atoms with E-state index in [0.717, 1.165) is 6.42 Å². The Labute approximate surface area is 118 Å². The Morgan fingerprint density at radius 2 is 2.47 bits per heavy atom. The second-order valence-electron chi connectivity index (χ2n) is 4.94. The van der Waals surface area contributed by atoms with Gasteiger partial charge in [-0.3, -0.25) is 4.68 Å². The predicted molar refractivity (Wildman–Crippen MR) is 72.3 cm³/mol. The lowest BCUT2D eigenvalue weighted by Crippen LogP contribution is -2.40. The van der Waals surface area contributed by atoms with Crippen LogP contribution in [0.2, 0.25) is 5.02 Å². The van der Waals surface area contributed by atoms with Crippen LogP contribution in [0.25, 0.3) is 0 Å². The van der Waals surface area contributed by atoms with Gasteiger partial charge in [-0.25, -0.2) is 0 Å². The summed E-state index contributed by atoms with van der Waals surface area (Å²) < 4.78 is 12.4. The second-order valence-corrected chi connectivity index (χ2v) is 5.35. The second kappa shape index (κ2) is 6.22. The van der Waals surface area contributed by atoms with Gasteiger partial charge < -0.3 is 14.6 Å². The van der Waals surface area contributed by atoms with Crippen molar-refractivity contribution in [2.75, 3.05) is 20.3 Å². The van der Waals surface area contributed by atoms with Crippen molar-refractivity contribution in [3.63, 3.8) is 0 Å². The molecule has 19 heavy (non-hydrogen) atoms. The summed E-state index contributed by atoms with van der Waals surface area (Å²) in [5.74, 6) is 0. The first-order chi connectivity index (χ1) is 9.10. The van der Waals surface area contributed by atoms with Crippen molar-refractivity contribution in [3.05, 3.63) is 16.9 Å². The first kappa shape index (κ1) is 14.8. The van der Waals surface area contributed by atoms with Gasteiger partial charge in [0.2, 0.25) is 0 Å². The maximum absolute atomic E-state index is 10.9. The molecule has 1 aromatic heterocycles. The minimum atomic E-state index is -0.958. The molecule has 1 aromatic rings. The normalized spacial score (nSPS) is 27.7. The molecule has 6 heteroatoms. The zero-order valence-electron chi connectivity index (χ0n) is 11.4. The molecular weight excluding hydrogens is 268 g/mol. The Kier molecular flexibility index (Phi) is 4.84. The average molecular weight is 289 g/mol. The zero-order chi connectivity index (χ0) is 13.9. The Morgan fingerprint density at radius 1 is 1.68 bits per heavy atom. The van der Waals surface area contributed by atoms with Gasteiger partial charge in [0.1, 0.15) is 5.60 Å².